The van der Waals surface area contributed by atoms with Gasteiger partial charge in [-0.3, -0.25) is 0 Å². The minimum atomic E-state index is -4.27. The van der Waals surface area contributed by atoms with Crippen LogP contribution in [0.4, 0.5) is 13.2 Å². The quantitative estimate of drug-likeness (QED) is 0.651. The van der Waals surface area contributed by atoms with Crippen LogP contribution >= 0.6 is 0 Å². The number of halogens is 3. The molecule has 0 aliphatic carbocycles. The van der Waals surface area contributed by atoms with E-state index in [-0.39, 0.29) is 0 Å². The van der Waals surface area contributed by atoms with Crippen LogP contribution in [0, 0.1) is 11.3 Å². The van der Waals surface area contributed by atoms with Gasteiger partial charge in [-0.1, -0.05) is 30.7 Å². The van der Waals surface area contributed by atoms with Gasteiger partial charge in [0.2, 0.25) is 0 Å². The van der Waals surface area contributed by atoms with E-state index in [9.17, 15) is 13.2 Å². The Morgan fingerprint density at radius 3 is 2.40 bits per heavy atom. The average molecular weight is 281 g/mol. The molecular formula is C16H18F3N. The van der Waals surface area contributed by atoms with Gasteiger partial charge in [-0.15, -0.1) is 0 Å². The second-order valence-electron chi connectivity index (χ2n) is 4.61. The van der Waals surface area contributed by atoms with E-state index in [1.54, 1.807) is 0 Å². The predicted molar refractivity (Wildman–Crippen MR) is 73.0 cm³/mol. The summed E-state index contributed by atoms with van der Waals surface area (Å²) in [5.74, 6) is 0. The highest BCUT2D eigenvalue weighted by molar-refractivity contribution is 5.25. The van der Waals surface area contributed by atoms with Crippen molar-refractivity contribution in [2.24, 2.45) is 0 Å². The molecule has 0 aliphatic rings. The van der Waals surface area contributed by atoms with Crippen LogP contribution in [0.1, 0.15) is 43.7 Å². The van der Waals surface area contributed by atoms with E-state index in [4.69, 9.17) is 5.26 Å². The van der Waals surface area contributed by atoms with Crippen LogP contribution in [0.3, 0.4) is 0 Å². The van der Waals surface area contributed by atoms with E-state index >= 15 is 0 Å². The summed E-state index contributed by atoms with van der Waals surface area (Å²) in [4.78, 5) is 0. The van der Waals surface area contributed by atoms with E-state index < -0.39 is 11.7 Å². The van der Waals surface area contributed by atoms with Crippen molar-refractivity contribution in [3.8, 4) is 6.07 Å². The number of hydrogen-bond acceptors (Lipinski definition) is 1. The van der Waals surface area contributed by atoms with Crippen LogP contribution < -0.4 is 0 Å². The van der Waals surface area contributed by atoms with Gasteiger partial charge in [0.05, 0.1) is 11.6 Å². The molecule has 0 unspecified atom stereocenters. The molecule has 0 saturated heterocycles. The van der Waals surface area contributed by atoms with Gasteiger partial charge in [0.15, 0.2) is 0 Å². The Labute approximate surface area is 117 Å². The molecular weight excluding hydrogens is 263 g/mol. The fourth-order valence-corrected chi connectivity index (χ4v) is 1.94. The Morgan fingerprint density at radius 2 is 1.90 bits per heavy atom. The largest absolute Gasteiger partial charge is 0.416 e. The van der Waals surface area contributed by atoms with Crippen LogP contribution in [-0.2, 0) is 12.6 Å². The first-order valence-corrected chi connectivity index (χ1v) is 6.68. The minimum Gasteiger partial charge on any atom is -0.198 e. The maximum absolute atomic E-state index is 12.4. The van der Waals surface area contributed by atoms with E-state index in [0.717, 1.165) is 37.0 Å². The van der Waals surface area contributed by atoms with Crippen LogP contribution in [-0.4, -0.2) is 0 Å². The lowest BCUT2D eigenvalue weighted by Crippen LogP contribution is -2.04. The van der Waals surface area contributed by atoms with Crippen molar-refractivity contribution in [1.82, 2.24) is 0 Å². The van der Waals surface area contributed by atoms with Crippen molar-refractivity contribution < 1.29 is 13.2 Å². The topological polar surface area (TPSA) is 23.8 Å². The van der Waals surface area contributed by atoms with Crippen molar-refractivity contribution in [3.63, 3.8) is 0 Å². The maximum atomic E-state index is 12.4. The first kappa shape index (κ1) is 16.3. The highest BCUT2D eigenvalue weighted by Crippen LogP contribution is 2.29. The highest BCUT2D eigenvalue weighted by atomic mass is 19.4. The van der Waals surface area contributed by atoms with Gasteiger partial charge in [-0.2, -0.15) is 18.4 Å². The Kier molecular flexibility index (Phi) is 6.30. The zero-order chi connectivity index (χ0) is 15.0. The molecule has 0 aromatic heterocycles. The number of hydrogen-bond donors (Lipinski definition) is 0. The Hall–Kier alpha value is -1.76. The maximum Gasteiger partial charge on any atom is 0.416 e. The number of benzene rings is 1. The molecule has 0 radical (unpaired) electrons. The summed E-state index contributed by atoms with van der Waals surface area (Å²) in [6, 6.07) is 7.41. The van der Waals surface area contributed by atoms with Crippen LogP contribution in [0.25, 0.3) is 0 Å². The molecule has 20 heavy (non-hydrogen) atoms. The lowest BCUT2D eigenvalue weighted by molar-refractivity contribution is -0.137. The fourth-order valence-electron chi connectivity index (χ4n) is 1.94. The van der Waals surface area contributed by atoms with Gasteiger partial charge in [-0.05, 0) is 43.4 Å². The zero-order valence-electron chi connectivity index (χ0n) is 11.5. The molecule has 4 heteroatoms. The van der Waals surface area contributed by atoms with Crippen molar-refractivity contribution in [2.75, 3.05) is 0 Å². The van der Waals surface area contributed by atoms with Crippen molar-refractivity contribution in [3.05, 3.63) is 47.0 Å². The number of nitrogens with zero attached hydrogens (tertiary/aromatic N) is 1. The molecule has 0 bridgehead atoms. The number of nitriles is 1. The number of allylic oxidation sites excluding steroid dienone is 2. The van der Waals surface area contributed by atoms with E-state index in [1.165, 1.54) is 17.7 Å². The summed E-state index contributed by atoms with van der Waals surface area (Å²) in [6.45, 7) is 2.04. The van der Waals surface area contributed by atoms with Gasteiger partial charge < -0.3 is 0 Å². The summed E-state index contributed by atoms with van der Waals surface area (Å²) in [5, 5.41) is 8.54. The van der Waals surface area contributed by atoms with E-state index in [0.29, 0.717) is 12.8 Å². The van der Waals surface area contributed by atoms with Gasteiger partial charge in [0.1, 0.15) is 0 Å². The molecule has 0 aliphatic heterocycles. The molecule has 0 spiro atoms. The third-order valence-corrected chi connectivity index (χ3v) is 3.16. The number of aryl methyl sites for hydroxylation is 1. The lowest BCUT2D eigenvalue weighted by Gasteiger charge is -2.07. The molecule has 1 aromatic carbocycles. The van der Waals surface area contributed by atoms with Gasteiger partial charge in [0, 0.05) is 6.42 Å². The summed E-state index contributed by atoms with van der Waals surface area (Å²) >= 11 is 0. The third-order valence-electron chi connectivity index (χ3n) is 3.16. The molecule has 0 fully saturated rings. The molecule has 1 aromatic rings. The zero-order valence-corrected chi connectivity index (χ0v) is 11.5. The van der Waals surface area contributed by atoms with Crippen LogP contribution in [0.2, 0.25) is 0 Å². The Bertz CT molecular complexity index is 478. The molecule has 0 atom stereocenters. The van der Waals surface area contributed by atoms with Gasteiger partial charge in [-0.25, -0.2) is 0 Å². The highest BCUT2D eigenvalue weighted by Gasteiger charge is 2.29. The molecule has 0 heterocycles. The minimum absolute atomic E-state index is 0.514. The smallest absolute Gasteiger partial charge is 0.198 e. The fraction of sp³-hybridized carbons (Fsp3) is 0.438. The first-order chi connectivity index (χ1) is 9.47. The molecule has 108 valence electrons. The van der Waals surface area contributed by atoms with Crippen molar-refractivity contribution >= 4 is 0 Å². The lowest BCUT2D eigenvalue weighted by atomic mass is 10.0. The summed E-state index contributed by atoms with van der Waals surface area (Å²) in [7, 11) is 0. The number of alkyl halides is 3. The SMILES string of the molecule is CCC(=CCCc1ccc(C(F)(F)F)cc1)CCC#N. The number of rotatable bonds is 6. The molecule has 0 amide bonds. The predicted octanol–water partition coefficient (Wildman–Crippen LogP) is 5.28. The Morgan fingerprint density at radius 1 is 1.25 bits per heavy atom. The standard InChI is InChI=1S/C16H18F3N/c1-2-13(7-4-12-20)5-3-6-14-8-10-15(11-9-14)16(17,18)19/h5,8-11H,2-4,6-7H2,1H3. The monoisotopic (exact) mass is 281 g/mol. The van der Waals surface area contributed by atoms with E-state index in [2.05, 4.69) is 12.1 Å². The van der Waals surface area contributed by atoms with Gasteiger partial charge in [0.25, 0.3) is 0 Å². The molecule has 0 N–H and O–H groups in total. The Balaban J connectivity index is 2.54. The first-order valence-electron chi connectivity index (χ1n) is 6.68. The van der Waals surface area contributed by atoms with Crippen molar-refractivity contribution in [1.29, 1.82) is 5.26 Å². The molecule has 0 saturated carbocycles. The average Bonchev–Trinajstić information content (AvgIpc) is 2.42. The van der Waals surface area contributed by atoms with Gasteiger partial charge >= 0.3 is 6.18 Å². The summed E-state index contributed by atoms with van der Waals surface area (Å²) in [6.07, 6.45) is 1.53. The summed E-state index contributed by atoms with van der Waals surface area (Å²) < 4.78 is 37.2. The van der Waals surface area contributed by atoms with Crippen LogP contribution in [0.15, 0.2) is 35.9 Å². The third kappa shape index (κ3) is 5.48. The van der Waals surface area contributed by atoms with E-state index in [1.807, 2.05) is 6.92 Å². The molecule has 1 rings (SSSR count). The van der Waals surface area contributed by atoms with Crippen molar-refractivity contribution in [2.45, 2.75) is 45.2 Å². The normalized spacial score (nSPS) is 12.2. The molecule has 1 nitrogen and oxygen atoms in total. The second-order valence-corrected chi connectivity index (χ2v) is 4.61. The second kappa shape index (κ2) is 7.74. The summed E-state index contributed by atoms with van der Waals surface area (Å²) in [5.41, 5.74) is 1.52. The van der Waals surface area contributed by atoms with Crippen LogP contribution in [0.5, 0.6) is 0 Å².